The summed E-state index contributed by atoms with van der Waals surface area (Å²) in [5.74, 6) is 0.933. The van der Waals surface area contributed by atoms with E-state index in [4.69, 9.17) is 9.47 Å². The summed E-state index contributed by atoms with van der Waals surface area (Å²) in [6, 6.07) is 20.0. The SMILES string of the molecule is COc1cccc(CC2=CC3COCC(C2)N3Cc2ccccc2)c1. The number of benzene rings is 2. The van der Waals surface area contributed by atoms with Crippen LogP contribution in [0.1, 0.15) is 17.5 Å². The Labute approximate surface area is 149 Å². The molecular formula is C22H25NO2. The average molecular weight is 335 g/mol. The number of hydrogen-bond acceptors (Lipinski definition) is 3. The van der Waals surface area contributed by atoms with Crippen molar-refractivity contribution in [3.63, 3.8) is 0 Å². The van der Waals surface area contributed by atoms with E-state index in [1.54, 1.807) is 7.11 Å². The summed E-state index contributed by atoms with van der Waals surface area (Å²) in [6.45, 7) is 2.63. The smallest absolute Gasteiger partial charge is 0.119 e. The molecule has 130 valence electrons. The highest BCUT2D eigenvalue weighted by Crippen LogP contribution is 2.30. The van der Waals surface area contributed by atoms with Gasteiger partial charge < -0.3 is 9.47 Å². The van der Waals surface area contributed by atoms with Gasteiger partial charge in [-0.2, -0.15) is 0 Å². The highest BCUT2D eigenvalue weighted by Gasteiger charge is 2.34. The van der Waals surface area contributed by atoms with E-state index in [0.29, 0.717) is 12.1 Å². The van der Waals surface area contributed by atoms with Crippen LogP contribution in [0.5, 0.6) is 5.75 Å². The van der Waals surface area contributed by atoms with Gasteiger partial charge in [0.15, 0.2) is 0 Å². The Morgan fingerprint density at radius 1 is 1.04 bits per heavy atom. The first-order valence-corrected chi connectivity index (χ1v) is 9.02. The fraction of sp³-hybridized carbons (Fsp3) is 0.364. The molecule has 2 aromatic rings. The molecule has 0 N–H and O–H groups in total. The Kier molecular flexibility index (Phi) is 4.86. The highest BCUT2D eigenvalue weighted by atomic mass is 16.5. The summed E-state index contributed by atoms with van der Waals surface area (Å²) in [6.07, 6.45) is 4.52. The minimum atomic E-state index is 0.383. The summed E-state index contributed by atoms with van der Waals surface area (Å²) in [4.78, 5) is 2.61. The molecule has 2 aliphatic heterocycles. The van der Waals surface area contributed by atoms with Crippen molar-refractivity contribution >= 4 is 0 Å². The molecule has 0 aromatic heterocycles. The lowest BCUT2D eigenvalue weighted by Gasteiger charge is -2.45. The first-order valence-electron chi connectivity index (χ1n) is 9.02. The molecule has 1 saturated heterocycles. The Bertz CT molecular complexity index is 741. The maximum Gasteiger partial charge on any atom is 0.119 e. The molecule has 0 radical (unpaired) electrons. The number of methoxy groups -OCH3 is 1. The standard InChI is InChI=1S/C22H25NO2/c1-24-22-9-5-8-18(13-22)10-19-11-20-15-25-16-21(12-19)23(20)14-17-6-3-2-4-7-17/h2-9,11,13,20-21H,10,12,14-16H2,1H3. The summed E-state index contributed by atoms with van der Waals surface area (Å²) >= 11 is 0. The largest absolute Gasteiger partial charge is 0.497 e. The molecule has 2 heterocycles. The van der Waals surface area contributed by atoms with Gasteiger partial charge in [-0.1, -0.05) is 54.1 Å². The van der Waals surface area contributed by atoms with Crippen LogP contribution >= 0.6 is 0 Å². The van der Waals surface area contributed by atoms with Gasteiger partial charge in [-0.25, -0.2) is 0 Å². The van der Waals surface area contributed by atoms with Crippen molar-refractivity contribution in [3.05, 3.63) is 77.4 Å². The minimum Gasteiger partial charge on any atom is -0.497 e. The van der Waals surface area contributed by atoms with E-state index >= 15 is 0 Å². The third-order valence-electron chi connectivity index (χ3n) is 5.19. The molecule has 25 heavy (non-hydrogen) atoms. The Balaban J connectivity index is 1.50. The third kappa shape index (κ3) is 3.78. The van der Waals surface area contributed by atoms with E-state index < -0.39 is 0 Å². The Morgan fingerprint density at radius 2 is 1.88 bits per heavy atom. The number of fused-ring (bicyclic) bond motifs is 2. The van der Waals surface area contributed by atoms with Gasteiger partial charge in [0.2, 0.25) is 0 Å². The number of nitrogens with zero attached hydrogens (tertiary/aromatic N) is 1. The average Bonchev–Trinajstić information content (AvgIpc) is 2.63. The number of hydrogen-bond donors (Lipinski definition) is 0. The minimum absolute atomic E-state index is 0.383. The van der Waals surface area contributed by atoms with Crippen LogP contribution in [0.15, 0.2) is 66.2 Å². The van der Waals surface area contributed by atoms with E-state index in [0.717, 1.165) is 38.3 Å². The van der Waals surface area contributed by atoms with Gasteiger partial charge in [-0.15, -0.1) is 0 Å². The van der Waals surface area contributed by atoms with Crippen LogP contribution < -0.4 is 4.74 Å². The second-order valence-corrected chi connectivity index (χ2v) is 6.97. The monoisotopic (exact) mass is 335 g/mol. The molecule has 2 bridgehead atoms. The molecule has 2 atom stereocenters. The molecule has 3 heteroatoms. The van der Waals surface area contributed by atoms with E-state index in [1.165, 1.54) is 16.7 Å². The zero-order valence-corrected chi connectivity index (χ0v) is 14.7. The topological polar surface area (TPSA) is 21.7 Å². The van der Waals surface area contributed by atoms with Crippen molar-refractivity contribution in [1.29, 1.82) is 0 Å². The van der Waals surface area contributed by atoms with Gasteiger partial charge in [-0.3, -0.25) is 4.90 Å². The van der Waals surface area contributed by atoms with Crippen LogP contribution in [0.4, 0.5) is 0 Å². The summed E-state index contributed by atoms with van der Waals surface area (Å²) < 4.78 is 11.2. The molecule has 2 unspecified atom stereocenters. The lowest BCUT2D eigenvalue weighted by Crippen LogP contribution is -2.53. The third-order valence-corrected chi connectivity index (χ3v) is 5.19. The van der Waals surface area contributed by atoms with Gasteiger partial charge in [0.05, 0.1) is 26.4 Å². The summed E-state index contributed by atoms with van der Waals surface area (Å²) in [5, 5.41) is 0. The van der Waals surface area contributed by atoms with Crippen LogP contribution in [0.3, 0.4) is 0 Å². The molecule has 2 aliphatic rings. The maximum absolute atomic E-state index is 5.83. The molecule has 0 aliphatic carbocycles. The molecule has 4 rings (SSSR count). The van der Waals surface area contributed by atoms with Gasteiger partial charge in [0.1, 0.15) is 5.75 Å². The van der Waals surface area contributed by atoms with Crippen molar-refractivity contribution in [2.75, 3.05) is 20.3 Å². The second kappa shape index (κ2) is 7.42. The van der Waals surface area contributed by atoms with Gasteiger partial charge in [0, 0.05) is 12.6 Å². The lowest BCUT2D eigenvalue weighted by atomic mass is 9.90. The molecule has 0 saturated carbocycles. The van der Waals surface area contributed by atoms with Gasteiger partial charge in [-0.05, 0) is 36.1 Å². The Hall–Kier alpha value is -2.10. The van der Waals surface area contributed by atoms with Gasteiger partial charge in [0.25, 0.3) is 0 Å². The fourth-order valence-corrected chi connectivity index (χ4v) is 3.97. The molecular weight excluding hydrogens is 310 g/mol. The van der Waals surface area contributed by atoms with Crippen LogP contribution in [0.2, 0.25) is 0 Å². The van der Waals surface area contributed by atoms with Crippen molar-refractivity contribution in [2.45, 2.75) is 31.5 Å². The van der Waals surface area contributed by atoms with Crippen LogP contribution in [-0.2, 0) is 17.7 Å². The zero-order valence-electron chi connectivity index (χ0n) is 14.7. The predicted molar refractivity (Wildman–Crippen MR) is 99.8 cm³/mol. The van der Waals surface area contributed by atoms with E-state index in [1.807, 2.05) is 6.07 Å². The summed E-state index contributed by atoms with van der Waals surface area (Å²) in [7, 11) is 1.72. The lowest BCUT2D eigenvalue weighted by molar-refractivity contribution is -0.0440. The van der Waals surface area contributed by atoms with Gasteiger partial charge >= 0.3 is 0 Å². The second-order valence-electron chi connectivity index (χ2n) is 6.97. The van der Waals surface area contributed by atoms with Crippen LogP contribution in [0, 0.1) is 0 Å². The number of morpholine rings is 1. The quantitative estimate of drug-likeness (QED) is 0.775. The molecule has 3 nitrogen and oxygen atoms in total. The molecule has 0 amide bonds. The van der Waals surface area contributed by atoms with E-state index in [2.05, 4.69) is 59.5 Å². The van der Waals surface area contributed by atoms with E-state index in [-0.39, 0.29) is 0 Å². The fourth-order valence-electron chi connectivity index (χ4n) is 3.97. The Morgan fingerprint density at radius 3 is 2.68 bits per heavy atom. The summed E-state index contributed by atoms with van der Waals surface area (Å²) in [5.41, 5.74) is 4.22. The van der Waals surface area contributed by atoms with Crippen LogP contribution in [0.25, 0.3) is 0 Å². The number of rotatable bonds is 5. The number of ether oxygens (including phenoxy) is 2. The molecule has 1 fully saturated rings. The van der Waals surface area contributed by atoms with Crippen molar-refractivity contribution in [2.24, 2.45) is 0 Å². The van der Waals surface area contributed by atoms with E-state index in [9.17, 15) is 0 Å². The maximum atomic E-state index is 5.83. The van der Waals surface area contributed by atoms with Crippen molar-refractivity contribution in [1.82, 2.24) is 4.90 Å². The first kappa shape index (κ1) is 16.4. The van der Waals surface area contributed by atoms with Crippen molar-refractivity contribution < 1.29 is 9.47 Å². The predicted octanol–water partition coefficient (Wildman–Crippen LogP) is 3.84. The molecule has 2 aromatic carbocycles. The first-order chi connectivity index (χ1) is 12.3. The zero-order chi connectivity index (χ0) is 17.1. The molecule has 0 spiro atoms. The normalized spacial score (nSPS) is 23.2. The van der Waals surface area contributed by atoms with Crippen molar-refractivity contribution in [3.8, 4) is 5.75 Å². The highest BCUT2D eigenvalue weighted by molar-refractivity contribution is 5.32. The van der Waals surface area contributed by atoms with Crippen LogP contribution in [-0.4, -0.2) is 37.3 Å².